The van der Waals surface area contributed by atoms with E-state index in [0.29, 0.717) is 38.6 Å². The van der Waals surface area contributed by atoms with E-state index in [4.69, 9.17) is 10.5 Å². The van der Waals surface area contributed by atoms with Crippen molar-refractivity contribution in [2.75, 3.05) is 6.54 Å². The number of esters is 1. The molecule has 0 aromatic rings. The van der Waals surface area contributed by atoms with Crippen molar-refractivity contribution in [1.82, 2.24) is 5.32 Å². The molecule has 0 aliphatic heterocycles. The molecule has 4 N–H and O–H groups in total. The summed E-state index contributed by atoms with van der Waals surface area (Å²) in [5.74, 6) is -1.37. The molecule has 0 saturated carbocycles. The van der Waals surface area contributed by atoms with Crippen LogP contribution in [0.15, 0.2) is 48.6 Å². The van der Waals surface area contributed by atoms with Crippen LogP contribution in [-0.2, 0) is 19.1 Å². The smallest absolute Gasteiger partial charge is 0.326 e. The zero-order chi connectivity index (χ0) is 32.5. The lowest BCUT2D eigenvalue weighted by Gasteiger charge is -2.15. The molecule has 0 radical (unpaired) electrons. The normalized spacial score (nSPS) is 13.3. The Hall–Kier alpha value is -2.67. The van der Waals surface area contributed by atoms with Gasteiger partial charge in [-0.3, -0.25) is 9.59 Å². The summed E-state index contributed by atoms with van der Waals surface area (Å²) in [6.07, 6.45) is 36.1. The van der Waals surface area contributed by atoms with Gasteiger partial charge in [0.05, 0.1) is 0 Å². The van der Waals surface area contributed by atoms with Crippen molar-refractivity contribution in [3.8, 4) is 0 Å². The van der Waals surface area contributed by atoms with Crippen LogP contribution in [0.5, 0.6) is 0 Å². The van der Waals surface area contributed by atoms with Crippen LogP contribution in [-0.4, -0.2) is 41.6 Å². The summed E-state index contributed by atoms with van der Waals surface area (Å²) >= 11 is 0. The van der Waals surface area contributed by atoms with E-state index in [-0.39, 0.29) is 18.0 Å². The molecule has 2 atom stereocenters. The van der Waals surface area contributed by atoms with Gasteiger partial charge in [-0.2, -0.15) is 0 Å². The Morgan fingerprint density at radius 3 is 2.00 bits per heavy atom. The van der Waals surface area contributed by atoms with E-state index in [9.17, 15) is 19.5 Å². The van der Waals surface area contributed by atoms with Gasteiger partial charge < -0.3 is 20.9 Å². The number of rotatable bonds is 30. The maximum Gasteiger partial charge on any atom is 0.326 e. The van der Waals surface area contributed by atoms with Gasteiger partial charge in [0.2, 0.25) is 5.91 Å². The average Bonchev–Trinajstić information content (AvgIpc) is 3.00. The molecule has 0 aliphatic carbocycles. The first-order valence-corrected chi connectivity index (χ1v) is 17.5. The number of unbranched alkanes of at least 4 members (excludes halogenated alkanes) is 10. The number of nitrogens with one attached hydrogen (secondary N) is 1. The second-order valence-corrected chi connectivity index (χ2v) is 11.5. The minimum absolute atomic E-state index is 0.115. The second-order valence-electron chi connectivity index (χ2n) is 11.5. The average molecular weight is 617 g/mol. The molecule has 0 fully saturated rings. The van der Waals surface area contributed by atoms with Crippen molar-refractivity contribution in [3.05, 3.63) is 48.6 Å². The van der Waals surface area contributed by atoms with Gasteiger partial charge in [0.15, 0.2) is 0 Å². The SMILES string of the molecule is CC/C=C\C/C=C\C/C=C\CCCCCCCC(=O)OC(/C=C\CCCC)CCCCCCC(=O)NC(CCCN)C(=O)O. The number of allylic oxidation sites excluding steroid dienone is 7. The fourth-order valence-corrected chi connectivity index (χ4v) is 4.71. The molecule has 2 unspecified atom stereocenters. The highest BCUT2D eigenvalue weighted by Crippen LogP contribution is 2.14. The van der Waals surface area contributed by atoms with Crippen molar-refractivity contribution >= 4 is 17.8 Å². The van der Waals surface area contributed by atoms with Crippen LogP contribution in [0, 0.1) is 0 Å². The second kappa shape index (κ2) is 31.7. The van der Waals surface area contributed by atoms with E-state index in [1.165, 1.54) is 12.8 Å². The van der Waals surface area contributed by atoms with Crippen LogP contribution in [0.2, 0.25) is 0 Å². The fourth-order valence-electron chi connectivity index (χ4n) is 4.71. The monoisotopic (exact) mass is 616 g/mol. The largest absolute Gasteiger partial charge is 0.480 e. The molecular formula is C37H64N2O5. The van der Waals surface area contributed by atoms with Crippen LogP contribution in [0.4, 0.5) is 0 Å². The standard InChI is InChI=1S/C37H64N2O5/c1-3-5-7-9-10-11-12-13-14-15-16-17-18-19-25-31-36(41)44-33(27-22-8-6-4-2)28-23-20-21-24-30-35(40)39-34(37(42)43)29-26-32-38/h5,7,10-11,13-14,22,27,33-34H,3-4,6,8-9,12,15-21,23-26,28-32,38H2,1-2H3,(H,39,40)(H,42,43)/b7-5-,11-10-,14-13-,27-22-. The molecule has 0 aliphatic rings. The number of carboxylic acid groups (broad SMARTS) is 1. The van der Waals surface area contributed by atoms with Gasteiger partial charge in [0.25, 0.3) is 0 Å². The highest BCUT2D eigenvalue weighted by molar-refractivity contribution is 5.83. The molecule has 0 rings (SSSR count). The zero-order valence-electron chi connectivity index (χ0n) is 28.0. The van der Waals surface area contributed by atoms with Crippen molar-refractivity contribution in [3.63, 3.8) is 0 Å². The van der Waals surface area contributed by atoms with E-state index in [1.807, 2.05) is 6.08 Å². The maximum absolute atomic E-state index is 12.5. The first kappa shape index (κ1) is 41.3. The number of aliphatic carboxylic acids is 1. The van der Waals surface area contributed by atoms with E-state index in [2.05, 4.69) is 61.7 Å². The molecule has 1 amide bonds. The van der Waals surface area contributed by atoms with E-state index >= 15 is 0 Å². The molecule has 0 saturated heterocycles. The number of hydrogen-bond donors (Lipinski definition) is 3. The predicted molar refractivity (Wildman–Crippen MR) is 183 cm³/mol. The van der Waals surface area contributed by atoms with E-state index < -0.39 is 12.0 Å². The Morgan fingerprint density at radius 1 is 0.705 bits per heavy atom. The van der Waals surface area contributed by atoms with Crippen molar-refractivity contribution in [2.24, 2.45) is 5.73 Å². The molecule has 252 valence electrons. The lowest BCUT2D eigenvalue weighted by Crippen LogP contribution is -2.40. The maximum atomic E-state index is 12.5. The van der Waals surface area contributed by atoms with Crippen molar-refractivity contribution in [2.45, 2.75) is 161 Å². The summed E-state index contributed by atoms with van der Waals surface area (Å²) in [4.78, 5) is 35.9. The van der Waals surface area contributed by atoms with Gasteiger partial charge >= 0.3 is 11.9 Å². The molecule has 7 nitrogen and oxygen atoms in total. The van der Waals surface area contributed by atoms with Crippen molar-refractivity contribution in [1.29, 1.82) is 0 Å². The zero-order valence-corrected chi connectivity index (χ0v) is 28.0. The number of carboxylic acids is 1. The first-order valence-electron chi connectivity index (χ1n) is 17.5. The lowest BCUT2D eigenvalue weighted by atomic mass is 10.1. The summed E-state index contributed by atoms with van der Waals surface area (Å²) in [5.41, 5.74) is 5.45. The summed E-state index contributed by atoms with van der Waals surface area (Å²) in [6, 6.07) is -0.871. The third-order valence-corrected chi connectivity index (χ3v) is 7.36. The Balaban J connectivity index is 4.15. The summed E-state index contributed by atoms with van der Waals surface area (Å²) in [6.45, 7) is 4.72. The van der Waals surface area contributed by atoms with E-state index in [1.54, 1.807) is 0 Å². The van der Waals surface area contributed by atoms with Gasteiger partial charge in [-0.15, -0.1) is 0 Å². The number of carbonyl (C=O) groups excluding carboxylic acids is 2. The third-order valence-electron chi connectivity index (χ3n) is 7.36. The number of ether oxygens (including phenoxy) is 1. The predicted octanol–water partition coefficient (Wildman–Crippen LogP) is 8.88. The molecule has 0 aromatic carbocycles. The topological polar surface area (TPSA) is 119 Å². The number of nitrogens with two attached hydrogens (primary N) is 1. The molecule has 0 heterocycles. The van der Waals surface area contributed by atoms with Crippen LogP contribution in [0.25, 0.3) is 0 Å². The summed E-state index contributed by atoms with van der Waals surface area (Å²) in [7, 11) is 0. The molecule has 0 spiro atoms. The Morgan fingerprint density at radius 2 is 1.32 bits per heavy atom. The quantitative estimate of drug-likeness (QED) is 0.0421. The summed E-state index contributed by atoms with van der Waals surface area (Å²) in [5, 5.41) is 11.8. The molecule has 44 heavy (non-hydrogen) atoms. The molecular weight excluding hydrogens is 552 g/mol. The fraction of sp³-hybridized carbons (Fsp3) is 0.703. The number of amides is 1. The van der Waals surface area contributed by atoms with Crippen LogP contribution in [0.1, 0.15) is 149 Å². The number of carbonyl (C=O) groups is 3. The Kier molecular flexibility index (Phi) is 29.8. The van der Waals surface area contributed by atoms with Gasteiger partial charge in [-0.25, -0.2) is 4.79 Å². The van der Waals surface area contributed by atoms with Gasteiger partial charge in [-0.1, -0.05) is 101 Å². The van der Waals surface area contributed by atoms with Gasteiger partial charge in [-0.05, 0) is 89.7 Å². The molecule has 0 aromatic heterocycles. The Labute approximate surface area is 268 Å². The molecule has 7 heteroatoms. The highest BCUT2D eigenvalue weighted by atomic mass is 16.5. The minimum Gasteiger partial charge on any atom is -0.480 e. The lowest BCUT2D eigenvalue weighted by molar-refractivity contribution is -0.147. The third kappa shape index (κ3) is 28.1. The molecule has 0 bridgehead atoms. The summed E-state index contributed by atoms with van der Waals surface area (Å²) < 4.78 is 5.82. The van der Waals surface area contributed by atoms with Crippen LogP contribution >= 0.6 is 0 Å². The van der Waals surface area contributed by atoms with Crippen LogP contribution < -0.4 is 11.1 Å². The first-order chi connectivity index (χ1) is 21.4. The highest BCUT2D eigenvalue weighted by Gasteiger charge is 2.18. The van der Waals surface area contributed by atoms with E-state index in [0.717, 1.165) is 89.9 Å². The van der Waals surface area contributed by atoms with Gasteiger partial charge in [0, 0.05) is 12.8 Å². The Bertz CT molecular complexity index is 834. The minimum atomic E-state index is -1.02. The van der Waals surface area contributed by atoms with Crippen molar-refractivity contribution < 1.29 is 24.2 Å². The van der Waals surface area contributed by atoms with Gasteiger partial charge in [0.1, 0.15) is 12.1 Å². The van der Waals surface area contributed by atoms with Crippen LogP contribution in [0.3, 0.4) is 0 Å². The number of hydrogen-bond acceptors (Lipinski definition) is 5.